The molecule has 0 spiro atoms. The molecule has 12 heavy (non-hydrogen) atoms. The van der Waals surface area contributed by atoms with Crippen molar-refractivity contribution < 1.29 is 0 Å². The molecule has 0 aliphatic rings. The Bertz CT molecular complexity index is 234. The molecule has 1 aromatic heterocycles. The van der Waals surface area contributed by atoms with E-state index in [-0.39, 0.29) is 0 Å². The number of rotatable bonds is 4. The maximum Gasteiger partial charge on any atom is 0.0541 e. The second-order valence-electron chi connectivity index (χ2n) is 2.31. The van der Waals surface area contributed by atoms with Crippen LogP contribution in [-0.4, -0.2) is 11.5 Å². The fourth-order valence-electron chi connectivity index (χ4n) is 0.831. The zero-order valence-electron chi connectivity index (χ0n) is 6.70. The Hall–Kier alpha value is -0.860. The lowest BCUT2D eigenvalue weighted by molar-refractivity contribution is 0.740. The van der Waals surface area contributed by atoms with Crippen LogP contribution in [0.1, 0.15) is 5.69 Å². The molecule has 0 saturated heterocycles. The third-order valence-corrected chi connectivity index (χ3v) is 1.56. The first-order valence-electron chi connectivity index (χ1n) is 3.79. The molecule has 0 unspecified atom stereocenters. The molecule has 0 radical (unpaired) electrons. The van der Waals surface area contributed by atoms with Gasteiger partial charge in [-0.1, -0.05) is 23.7 Å². The highest BCUT2D eigenvalue weighted by Gasteiger charge is 1.88. The summed E-state index contributed by atoms with van der Waals surface area (Å²) in [6, 6.07) is 5.86. The summed E-state index contributed by atoms with van der Waals surface area (Å²) >= 11 is 5.35. The van der Waals surface area contributed by atoms with E-state index in [4.69, 9.17) is 11.6 Å². The lowest BCUT2D eigenvalue weighted by atomic mass is 10.3. The summed E-state index contributed by atoms with van der Waals surface area (Å²) < 4.78 is 0. The minimum Gasteiger partial charge on any atom is -0.308 e. The molecular weight excluding hydrogens is 172 g/mol. The fourth-order valence-corrected chi connectivity index (χ4v) is 0.920. The standard InChI is InChI=1S/C9H11ClN2/c10-5-3-6-11-8-9-4-1-2-7-12-9/h1-5,7,11H,6,8H2/b5-3+. The highest BCUT2D eigenvalue weighted by molar-refractivity contribution is 6.25. The van der Waals surface area contributed by atoms with E-state index in [0.29, 0.717) is 0 Å². The monoisotopic (exact) mass is 182 g/mol. The van der Waals surface area contributed by atoms with Gasteiger partial charge in [-0.3, -0.25) is 4.98 Å². The van der Waals surface area contributed by atoms with Crippen molar-refractivity contribution in [1.82, 2.24) is 10.3 Å². The predicted octanol–water partition coefficient (Wildman–Crippen LogP) is 1.92. The van der Waals surface area contributed by atoms with Crippen LogP contribution in [0.4, 0.5) is 0 Å². The van der Waals surface area contributed by atoms with Gasteiger partial charge in [0.05, 0.1) is 5.69 Å². The van der Waals surface area contributed by atoms with Crippen molar-refractivity contribution in [3.05, 3.63) is 41.7 Å². The van der Waals surface area contributed by atoms with Gasteiger partial charge < -0.3 is 5.32 Å². The van der Waals surface area contributed by atoms with Crippen LogP contribution in [0, 0.1) is 0 Å². The summed E-state index contributed by atoms with van der Waals surface area (Å²) in [6.45, 7) is 1.56. The molecule has 1 rings (SSSR count). The van der Waals surface area contributed by atoms with Gasteiger partial charge in [0, 0.05) is 24.8 Å². The van der Waals surface area contributed by atoms with E-state index in [1.54, 1.807) is 6.20 Å². The minimum atomic E-state index is 0.778. The van der Waals surface area contributed by atoms with Gasteiger partial charge in [0.25, 0.3) is 0 Å². The van der Waals surface area contributed by atoms with Crippen LogP contribution in [-0.2, 0) is 6.54 Å². The van der Waals surface area contributed by atoms with E-state index < -0.39 is 0 Å². The van der Waals surface area contributed by atoms with Crippen LogP contribution in [0.25, 0.3) is 0 Å². The normalized spacial score (nSPS) is 10.8. The lowest BCUT2D eigenvalue weighted by Gasteiger charge is -1.99. The van der Waals surface area contributed by atoms with E-state index in [9.17, 15) is 0 Å². The van der Waals surface area contributed by atoms with Crippen molar-refractivity contribution in [2.24, 2.45) is 0 Å². The largest absolute Gasteiger partial charge is 0.308 e. The predicted molar refractivity (Wildman–Crippen MR) is 50.9 cm³/mol. The molecular formula is C9H11ClN2. The number of nitrogens with zero attached hydrogens (tertiary/aromatic N) is 1. The molecule has 1 heterocycles. The summed E-state index contributed by atoms with van der Waals surface area (Å²) in [7, 11) is 0. The number of hydrogen-bond donors (Lipinski definition) is 1. The van der Waals surface area contributed by atoms with Gasteiger partial charge in [0.15, 0.2) is 0 Å². The number of hydrogen-bond acceptors (Lipinski definition) is 2. The Morgan fingerprint density at radius 2 is 2.42 bits per heavy atom. The van der Waals surface area contributed by atoms with Crippen molar-refractivity contribution in [2.75, 3.05) is 6.54 Å². The fraction of sp³-hybridized carbons (Fsp3) is 0.222. The highest BCUT2D eigenvalue weighted by Crippen LogP contribution is 1.91. The number of aromatic nitrogens is 1. The van der Waals surface area contributed by atoms with Crippen molar-refractivity contribution in [2.45, 2.75) is 6.54 Å². The first kappa shape index (κ1) is 9.23. The van der Waals surface area contributed by atoms with E-state index in [1.165, 1.54) is 5.54 Å². The molecule has 0 saturated carbocycles. The molecule has 3 heteroatoms. The summed E-state index contributed by atoms with van der Waals surface area (Å²) in [5.41, 5.74) is 2.55. The first-order valence-corrected chi connectivity index (χ1v) is 4.23. The average Bonchev–Trinajstić information content (AvgIpc) is 2.14. The maximum atomic E-state index is 5.35. The molecule has 64 valence electrons. The molecule has 0 aliphatic carbocycles. The SMILES string of the molecule is Cl/C=C/CNCc1ccccn1. The summed E-state index contributed by atoms with van der Waals surface area (Å²) in [6.07, 6.45) is 3.64. The van der Waals surface area contributed by atoms with Crippen LogP contribution in [0.3, 0.4) is 0 Å². The smallest absolute Gasteiger partial charge is 0.0541 e. The van der Waals surface area contributed by atoms with Crippen LogP contribution in [0.2, 0.25) is 0 Å². The molecule has 0 atom stereocenters. The zero-order valence-corrected chi connectivity index (χ0v) is 7.46. The molecule has 0 fully saturated rings. The number of pyridine rings is 1. The number of halogens is 1. The minimum absolute atomic E-state index is 0.778. The Balaban J connectivity index is 2.24. The van der Waals surface area contributed by atoms with Gasteiger partial charge in [0.2, 0.25) is 0 Å². The van der Waals surface area contributed by atoms with Crippen molar-refractivity contribution in [3.8, 4) is 0 Å². The average molecular weight is 183 g/mol. The molecule has 0 amide bonds. The van der Waals surface area contributed by atoms with E-state index >= 15 is 0 Å². The maximum absolute atomic E-state index is 5.35. The zero-order chi connectivity index (χ0) is 8.65. The van der Waals surface area contributed by atoms with Gasteiger partial charge in [-0.05, 0) is 12.1 Å². The summed E-state index contributed by atoms with van der Waals surface area (Å²) in [5.74, 6) is 0. The third kappa shape index (κ3) is 3.51. The van der Waals surface area contributed by atoms with E-state index in [1.807, 2.05) is 24.3 Å². The highest BCUT2D eigenvalue weighted by atomic mass is 35.5. The van der Waals surface area contributed by atoms with Gasteiger partial charge in [0.1, 0.15) is 0 Å². The van der Waals surface area contributed by atoms with E-state index in [2.05, 4.69) is 10.3 Å². The van der Waals surface area contributed by atoms with Crippen LogP contribution >= 0.6 is 11.6 Å². The van der Waals surface area contributed by atoms with Gasteiger partial charge in [-0.25, -0.2) is 0 Å². The molecule has 0 bridgehead atoms. The van der Waals surface area contributed by atoms with Crippen LogP contribution in [0.5, 0.6) is 0 Å². The second kappa shape index (κ2) is 5.75. The van der Waals surface area contributed by atoms with Gasteiger partial charge in [-0.15, -0.1) is 0 Å². The quantitative estimate of drug-likeness (QED) is 0.720. The molecule has 2 nitrogen and oxygen atoms in total. The first-order chi connectivity index (χ1) is 5.93. The van der Waals surface area contributed by atoms with Crippen LogP contribution < -0.4 is 5.32 Å². The molecule has 0 aromatic carbocycles. The van der Waals surface area contributed by atoms with Crippen molar-refractivity contribution >= 4 is 11.6 Å². The Morgan fingerprint density at radius 3 is 3.08 bits per heavy atom. The van der Waals surface area contributed by atoms with Gasteiger partial charge in [-0.2, -0.15) is 0 Å². The van der Waals surface area contributed by atoms with Crippen LogP contribution in [0.15, 0.2) is 36.0 Å². The Morgan fingerprint density at radius 1 is 1.50 bits per heavy atom. The third-order valence-electron chi connectivity index (χ3n) is 1.38. The molecule has 1 aromatic rings. The Kier molecular flexibility index (Phi) is 4.42. The molecule has 0 aliphatic heterocycles. The molecule has 1 N–H and O–H groups in total. The van der Waals surface area contributed by atoms with Crippen molar-refractivity contribution in [3.63, 3.8) is 0 Å². The Labute approximate surface area is 77.3 Å². The lowest BCUT2D eigenvalue weighted by Crippen LogP contribution is -2.13. The number of nitrogens with one attached hydrogen (secondary N) is 1. The second-order valence-corrected chi connectivity index (χ2v) is 2.57. The summed E-state index contributed by atoms with van der Waals surface area (Å²) in [4.78, 5) is 4.16. The topological polar surface area (TPSA) is 24.9 Å². The summed E-state index contributed by atoms with van der Waals surface area (Å²) in [5, 5.41) is 3.17. The van der Waals surface area contributed by atoms with Gasteiger partial charge >= 0.3 is 0 Å². The van der Waals surface area contributed by atoms with Crippen molar-refractivity contribution in [1.29, 1.82) is 0 Å². The van der Waals surface area contributed by atoms with E-state index in [0.717, 1.165) is 18.8 Å².